The molecule has 0 radical (unpaired) electrons. The van der Waals surface area contributed by atoms with Crippen molar-refractivity contribution >= 4 is 14.4 Å². The smallest absolute Gasteiger partial charge is 0.0125 e. The normalized spacial score (nSPS) is 18.9. The lowest BCUT2D eigenvalue weighted by Crippen LogP contribution is -2.07. The molecule has 3 heterocycles. The number of hydrogen-bond acceptors (Lipinski definition) is 0. The second kappa shape index (κ2) is 7.30. The number of hydrogen-bond donors (Lipinski definition) is 0. The summed E-state index contributed by atoms with van der Waals surface area (Å²) in [5.41, 5.74) is 9.12. The molecule has 0 N–H and O–H groups in total. The Morgan fingerprint density at radius 2 is 0.833 bits per heavy atom. The lowest BCUT2D eigenvalue weighted by molar-refractivity contribution is 0.635. The predicted octanol–water partition coefficient (Wildman–Crippen LogP) is 9.76. The Morgan fingerprint density at radius 1 is 0.500 bits per heavy atom. The van der Waals surface area contributed by atoms with Gasteiger partial charge in [-0.05, 0) is 83.5 Å². The number of benzene rings is 2. The van der Waals surface area contributed by atoms with Crippen molar-refractivity contribution < 1.29 is 0 Å². The first-order valence-electron chi connectivity index (χ1n) is 11.0. The average Bonchev–Trinajstić information content (AvgIpc) is 3.18. The van der Waals surface area contributed by atoms with Crippen molar-refractivity contribution in [1.29, 1.82) is 0 Å². The molecule has 4 atom stereocenters. The Hall–Kier alpha value is -2.00. The molecule has 0 saturated carbocycles. The van der Waals surface area contributed by atoms with E-state index in [2.05, 4.69) is 102 Å². The number of rotatable bonds is 2. The van der Waals surface area contributed by atoms with Crippen molar-refractivity contribution in [2.45, 2.75) is 53.4 Å². The van der Waals surface area contributed by atoms with Crippen LogP contribution in [0.1, 0.15) is 58.5 Å². The van der Waals surface area contributed by atoms with Gasteiger partial charge in [0.2, 0.25) is 0 Å². The first-order chi connectivity index (χ1) is 14.4. The van der Waals surface area contributed by atoms with Crippen molar-refractivity contribution in [3.8, 4) is 21.7 Å². The van der Waals surface area contributed by atoms with E-state index in [1.54, 1.807) is 43.4 Å². The van der Waals surface area contributed by atoms with Crippen molar-refractivity contribution in [2.75, 3.05) is 0 Å². The molecule has 0 bridgehead atoms. The van der Waals surface area contributed by atoms with Crippen molar-refractivity contribution in [3.63, 3.8) is 0 Å². The molecule has 5 rings (SSSR count). The second-order valence-electron chi connectivity index (χ2n) is 8.90. The van der Waals surface area contributed by atoms with Gasteiger partial charge in [0, 0.05) is 10.6 Å². The molecule has 0 spiro atoms. The van der Waals surface area contributed by atoms with Gasteiger partial charge >= 0.3 is 0 Å². The first kappa shape index (κ1) is 19.9. The Balaban J connectivity index is 1.95. The van der Waals surface area contributed by atoms with Gasteiger partial charge in [0.15, 0.2) is 0 Å². The van der Waals surface area contributed by atoms with Crippen molar-refractivity contribution in [3.05, 3.63) is 93.5 Å². The highest BCUT2D eigenvalue weighted by Crippen LogP contribution is 2.79. The zero-order valence-corrected chi connectivity index (χ0v) is 20.6. The molecule has 1 aliphatic rings. The van der Waals surface area contributed by atoms with Gasteiger partial charge in [0.1, 0.15) is 0 Å². The zero-order valence-electron chi connectivity index (χ0n) is 18.8. The summed E-state index contributed by atoms with van der Waals surface area (Å²) in [7, 11) is -0.704. The minimum atomic E-state index is -0.352. The van der Waals surface area contributed by atoms with E-state index in [0.29, 0.717) is 11.8 Å². The SMILES string of the molecule is Cc1c(C)c2p(c1-c1ccccc1)-p1c(-c3ccccc3)c(C)c(C)c1C(C)C2C. The molecule has 4 unspecified atom stereocenters. The fourth-order valence-electron chi connectivity index (χ4n) is 5.44. The van der Waals surface area contributed by atoms with Crippen LogP contribution in [0.4, 0.5) is 0 Å². The van der Waals surface area contributed by atoms with Gasteiger partial charge in [0.25, 0.3) is 0 Å². The fourth-order valence-corrected chi connectivity index (χ4v) is 16.8. The maximum Gasteiger partial charge on any atom is 0.0125 e. The van der Waals surface area contributed by atoms with Gasteiger partial charge in [0.05, 0.1) is 0 Å². The molecule has 0 amide bonds. The third-order valence-corrected chi connectivity index (χ3v) is 15.9. The van der Waals surface area contributed by atoms with Crippen molar-refractivity contribution in [2.24, 2.45) is 0 Å². The quantitative estimate of drug-likeness (QED) is 0.298. The van der Waals surface area contributed by atoms with Crippen LogP contribution in [0.2, 0.25) is 0 Å². The molecular formula is C28H30P2. The van der Waals surface area contributed by atoms with Crippen LogP contribution in [0.5, 0.6) is 0 Å². The van der Waals surface area contributed by atoms with E-state index in [1.807, 2.05) is 0 Å². The summed E-state index contributed by atoms with van der Waals surface area (Å²) in [6.07, 6.45) is 0. The maximum absolute atomic E-state index is 2.49. The molecule has 30 heavy (non-hydrogen) atoms. The molecule has 2 aromatic heterocycles. The van der Waals surface area contributed by atoms with Crippen LogP contribution in [-0.2, 0) is 0 Å². The highest BCUT2D eigenvalue weighted by atomic mass is 32.0. The minimum Gasteiger partial charge on any atom is -0.0634 e. The van der Waals surface area contributed by atoms with Crippen LogP contribution >= 0.6 is 14.4 Å². The molecule has 0 aliphatic carbocycles. The summed E-state index contributed by atoms with van der Waals surface area (Å²) >= 11 is 0. The van der Waals surface area contributed by atoms with E-state index in [-0.39, 0.29) is 14.4 Å². The third kappa shape index (κ3) is 2.67. The van der Waals surface area contributed by atoms with Gasteiger partial charge in [-0.1, -0.05) is 89.0 Å². The van der Waals surface area contributed by atoms with E-state index in [4.69, 9.17) is 0 Å². The zero-order chi connectivity index (χ0) is 21.2. The molecule has 2 aromatic carbocycles. The summed E-state index contributed by atoms with van der Waals surface area (Å²) in [4.78, 5) is 0. The average molecular weight is 428 g/mol. The Bertz CT molecular complexity index is 1140. The highest BCUT2D eigenvalue weighted by molar-refractivity contribution is 8.25. The Labute approximate surface area is 183 Å². The van der Waals surface area contributed by atoms with Crippen LogP contribution in [0, 0.1) is 27.7 Å². The van der Waals surface area contributed by atoms with Crippen LogP contribution in [0.15, 0.2) is 60.7 Å². The summed E-state index contributed by atoms with van der Waals surface area (Å²) in [6.45, 7) is 14.5. The molecular weight excluding hydrogens is 398 g/mol. The lowest BCUT2D eigenvalue weighted by Gasteiger charge is -2.31. The largest absolute Gasteiger partial charge is 0.0634 e. The second-order valence-corrected chi connectivity index (χ2v) is 14.4. The fraction of sp³-hybridized carbons (Fsp3) is 0.286. The molecule has 0 nitrogen and oxygen atoms in total. The Kier molecular flexibility index (Phi) is 4.85. The van der Waals surface area contributed by atoms with Gasteiger partial charge in [-0.15, -0.1) is 0 Å². The lowest BCUT2D eigenvalue weighted by atomic mass is 9.88. The van der Waals surface area contributed by atoms with E-state index < -0.39 is 0 Å². The van der Waals surface area contributed by atoms with Crippen LogP contribution in [0.3, 0.4) is 0 Å². The summed E-state index contributed by atoms with van der Waals surface area (Å²) in [5, 5.41) is 6.85. The first-order valence-corrected chi connectivity index (χ1v) is 14.4. The molecule has 2 heteroatoms. The topological polar surface area (TPSA) is 0 Å². The third-order valence-electron chi connectivity index (χ3n) is 7.39. The highest BCUT2D eigenvalue weighted by Gasteiger charge is 2.38. The Morgan fingerprint density at radius 3 is 1.17 bits per heavy atom. The van der Waals surface area contributed by atoms with Crippen molar-refractivity contribution in [1.82, 2.24) is 0 Å². The summed E-state index contributed by atoms with van der Waals surface area (Å²) < 4.78 is 0. The molecule has 0 saturated heterocycles. The molecule has 4 aromatic rings. The van der Waals surface area contributed by atoms with Crippen LogP contribution in [-0.4, -0.2) is 0 Å². The van der Waals surface area contributed by atoms with E-state index in [0.717, 1.165) is 0 Å². The van der Waals surface area contributed by atoms with Gasteiger partial charge in [-0.25, -0.2) is 0 Å². The van der Waals surface area contributed by atoms with Gasteiger partial charge < -0.3 is 0 Å². The standard InChI is InChI=1S/C28H30P2/c1-17-18(2)26-20(4)22(6)28(24-15-11-8-12-16-24)30(26)29-25(17)19(3)21(5)27(29)23-13-9-7-10-14-23/h7-18H,1-6H3. The van der Waals surface area contributed by atoms with Crippen LogP contribution < -0.4 is 0 Å². The van der Waals surface area contributed by atoms with E-state index >= 15 is 0 Å². The molecule has 1 aliphatic heterocycles. The minimum absolute atomic E-state index is 0.352. The van der Waals surface area contributed by atoms with E-state index in [9.17, 15) is 0 Å². The molecule has 152 valence electrons. The summed E-state index contributed by atoms with van der Waals surface area (Å²) in [6, 6.07) is 22.4. The van der Waals surface area contributed by atoms with E-state index in [1.165, 1.54) is 11.1 Å². The van der Waals surface area contributed by atoms with Gasteiger partial charge in [-0.2, -0.15) is 0 Å². The molecule has 0 fully saturated rings. The summed E-state index contributed by atoms with van der Waals surface area (Å²) in [5.74, 6) is 1.25. The maximum atomic E-state index is 2.49. The predicted molar refractivity (Wildman–Crippen MR) is 136 cm³/mol. The van der Waals surface area contributed by atoms with Crippen LogP contribution in [0.25, 0.3) is 21.7 Å². The van der Waals surface area contributed by atoms with Gasteiger partial charge in [-0.3, -0.25) is 0 Å². The monoisotopic (exact) mass is 428 g/mol. The number of fused-ring (bicyclic) bond motifs is 3.